The highest BCUT2D eigenvalue weighted by Gasteiger charge is 2.35. The Kier molecular flexibility index (Phi) is 2.40. The third-order valence-electron chi connectivity index (χ3n) is 2.80. The third-order valence-corrected chi connectivity index (χ3v) is 2.80. The summed E-state index contributed by atoms with van der Waals surface area (Å²) in [5, 5.41) is 7.52. The summed E-state index contributed by atoms with van der Waals surface area (Å²) in [5.41, 5.74) is 5.58. The van der Waals surface area contributed by atoms with Crippen molar-refractivity contribution >= 4 is 5.96 Å². The lowest BCUT2D eigenvalue weighted by molar-refractivity contribution is 0.0529. The molecule has 3 N–H and O–H groups in total. The van der Waals surface area contributed by atoms with Gasteiger partial charge in [-0.05, 0) is 25.7 Å². The van der Waals surface area contributed by atoms with E-state index in [4.69, 9.17) is 15.9 Å². The van der Waals surface area contributed by atoms with Crippen LogP contribution in [0.4, 0.5) is 0 Å². The van der Waals surface area contributed by atoms with E-state index in [2.05, 4.69) is 4.90 Å². The van der Waals surface area contributed by atoms with Crippen molar-refractivity contribution in [3.05, 3.63) is 0 Å². The zero-order valence-corrected chi connectivity index (χ0v) is 7.83. The molecule has 1 saturated carbocycles. The Morgan fingerprint density at radius 3 is 2.15 bits per heavy atom. The van der Waals surface area contributed by atoms with E-state index in [1.807, 2.05) is 0 Å². The average molecular weight is 183 g/mol. The summed E-state index contributed by atoms with van der Waals surface area (Å²) >= 11 is 0. The van der Waals surface area contributed by atoms with Gasteiger partial charge in [-0.3, -0.25) is 5.41 Å². The van der Waals surface area contributed by atoms with Crippen LogP contribution in [0.2, 0.25) is 0 Å². The molecule has 1 aliphatic carbocycles. The Morgan fingerprint density at radius 1 is 1.15 bits per heavy atom. The number of nitrogens with one attached hydrogen (secondary N) is 1. The van der Waals surface area contributed by atoms with Crippen molar-refractivity contribution in [2.75, 3.05) is 13.2 Å². The molecule has 2 rings (SSSR count). The van der Waals surface area contributed by atoms with E-state index in [9.17, 15) is 0 Å². The maximum Gasteiger partial charge on any atom is 0.188 e. The van der Waals surface area contributed by atoms with Crippen LogP contribution in [0.15, 0.2) is 0 Å². The zero-order chi connectivity index (χ0) is 9.26. The minimum atomic E-state index is 0.245. The Hall–Kier alpha value is -0.770. The van der Waals surface area contributed by atoms with Gasteiger partial charge in [0, 0.05) is 25.3 Å². The van der Waals surface area contributed by atoms with Crippen molar-refractivity contribution in [2.24, 2.45) is 5.73 Å². The first-order valence-electron chi connectivity index (χ1n) is 4.99. The topological polar surface area (TPSA) is 62.3 Å². The Labute approximate surface area is 78.5 Å². The highest BCUT2D eigenvalue weighted by atomic mass is 16.5. The van der Waals surface area contributed by atoms with Crippen LogP contribution < -0.4 is 5.73 Å². The molecule has 0 spiro atoms. The first-order valence-corrected chi connectivity index (χ1v) is 4.99. The number of hydrogen-bond acceptors (Lipinski definition) is 2. The maximum absolute atomic E-state index is 7.52. The lowest BCUT2D eigenvalue weighted by Crippen LogP contribution is -2.47. The fraction of sp³-hybridized carbons (Fsp3) is 0.889. The SMILES string of the molecule is N=C(N)N(C1CCOCC1)C1CC1. The van der Waals surface area contributed by atoms with E-state index >= 15 is 0 Å². The van der Waals surface area contributed by atoms with Gasteiger partial charge in [-0.15, -0.1) is 0 Å². The van der Waals surface area contributed by atoms with E-state index in [1.54, 1.807) is 0 Å². The minimum absolute atomic E-state index is 0.245. The summed E-state index contributed by atoms with van der Waals surface area (Å²) < 4.78 is 5.29. The molecule has 1 heterocycles. The molecule has 4 heteroatoms. The molecular formula is C9H17N3O. The highest BCUT2D eigenvalue weighted by molar-refractivity contribution is 5.75. The lowest BCUT2D eigenvalue weighted by Gasteiger charge is -2.34. The number of rotatable bonds is 2. The van der Waals surface area contributed by atoms with Crippen LogP contribution in [0.5, 0.6) is 0 Å². The molecule has 74 valence electrons. The second-order valence-corrected chi connectivity index (χ2v) is 3.87. The number of nitrogens with zero attached hydrogens (tertiary/aromatic N) is 1. The molecule has 2 fully saturated rings. The molecule has 0 unspecified atom stereocenters. The van der Waals surface area contributed by atoms with Crippen molar-refractivity contribution in [2.45, 2.75) is 37.8 Å². The number of nitrogens with two attached hydrogens (primary N) is 1. The molecule has 1 aliphatic heterocycles. The van der Waals surface area contributed by atoms with Crippen molar-refractivity contribution in [3.8, 4) is 0 Å². The molecule has 0 aromatic heterocycles. The molecule has 0 aromatic carbocycles. The van der Waals surface area contributed by atoms with Crippen LogP contribution in [-0.2, 0) is 4.74 Å². The predicted octanol–water partition coefficient (Wildman–Crippen LogP) is 0.523. The van der Waals surface area contributed by atoms with Gasteiger partial charge in [-0.2, -0.15) is 0 Å². The minimum Gasteiger partial charge on any atom is -0.381 e. The Morgan fingerprint density at radius 2 is 1.69 bits per heavy atom. The molecule has 13 heavy (non-hydrogen) atoms. The van der Waals surface area contributed by atoms with Gasteiger partial charge in [0.2, 0.25) is 0 Å². The number of hydrogen-bond donors (Lipinski definition) is 2. The third kappa shape index (κ3) is 1.94. The highest BCUT2D eigenvalue weighted by Crippen LogP contribution is 2.30. The summed E-state index contributed by atoms with van der Waals surface area (Å²) in [6.45, 7) is 1.64. The van der Waals surface area contributed by atoms with Crippen LogP contribution >= 0.6 is 0 Å². The second-order valence-electron chi connectivity index (χ2n) is 3.87. The molecular weight excluding hydrogens is 166 g/mol. The molecule has 0 atom stereocenters. The van der Waals surface area contributed by atoms with Crippen LogP contribution in [-0.4, -0.2) is 36.2 Å². The van der Waals surface area contributed by atoms with Crippen LogP contribution in [0.25, 0.3) is 0 Å². The monoisotopic (exact) mass is 183 g/mol. The molecule has 0 aromatic rings. The second kappa shape index (κ2) is 3.54. The number of ether oxygens (including phenoxy) is 1. The Balaban J connectivity index is 1.96. The van der Waals surface area contributed by atoms with E-state index in [0.717, 1.165) is 26.1 Å². The van der Waals surface area contributed by atoms with Crippen molar-refractivity contribution in [1.29, 1.82) is 5.41 Å². The van der Waals surface area contributed by atoms with E-state index in [0.29, 0.717) is 12.1 Å². The summed E-state index contributed by atoms with van der Waals surface area (Å²) in [4.78, 5) is 2.09. The zero-order valence-electron chi connectivity index (χ0n) is 7.83. The number of guanidine groups is 1. The smallest absolute Gasteiger partial charge is 0.188 e. The van der Waals surface area contributed by atoms with Gasteiger partial charge in [0.1, 0.15) is 0 Å². The van der Waals surface area contributed by atoms with Gasteiger partial charge < -0.3 is 15.4 Å². The summed E-state index contributed by atoms with van der Waals surface area (Å²) in [6, 6.07) is 1.01. The van der Waals surface area contributed by atoms with Crippen molar-refractivity contribution in [3.63, 3.8) is 0 Å². The molecule has 0 amide bonds. The molecule has 0 radical (unpaired) electrons. The molecule has 2 aliphatic rings. The van der Waals surface area contributed by atoms with Crippen molar-refractivity contribution < 1.29 is 4.74 Å². The normalized spacial score (nSPS) is 24.3. The Bertz CT molecular complexity index is 197. The van der Waals surface area contributed by atoms with Gasteiger partial charge in [0.15, 0.2) is 5.96 Å². The first-order chi connectivity index (χ1) is 6.29. The van der Waals surface area contributed by atoms with E-state index < -0.39 is 0 Å². The average Bonchev–Trinajstić information content (AvgIpc) is 2.90. The molecule has 1 saturated heterocycles. The lowest BCUT2D eigenvalue weighted by atomic mass is 10.1. The van der Waals surface area contributed by atoms with Crippen LogP contribution in [0, 0.1) is 5.41 Å². The van der Waals surface area contributed by atoms with E-state index in [-0.39, 0.29) is 5.96 Å². The fourth-order valence-corrected chi connectivity index (χ4v) is 2.01. The van der Waals surface area contributed by atoms with Crippen LogP contribution in [0.3, 0.4) is 0 Å². The molecule has 4 nitrogen and oxygen atoms in total. The summed E-state index contributed by atoms with van der Waals surface area (Å²) in [5.74, 6) is 0.245. The quantitative estimate of drug-likeness (QED) is 0.484. The van der Waals surface area contributed by atoms with Gasteiger partial charge in [0.25, 0.3) is 0 Å². The largest absolute Gasteiger partial charge is 0.381 e. The van der Waals surface area contributed by atoms with Gasteiger partial charge in [0.05, 0.1) is 0 Å². The van der Waals surface area contributed by atoms with E-state index in [1.165, 1.54) is 12.8 Å². The van der Waals surface area contributed by atoms with Gasteiger partial charge in [-0.1, -0.05) is 0 Å². The summed E-state index contributed by atoms with van der Waals surface area (Å²) in [7, 11) is 0. The standard InChI is InChI=1S/C9H17N3O/c10-9(11)12(7-1-2-7)8-3-5-13-6-4-8/h7-8H,1-6H2,(H3,10,11). The predicted molar refractivity (Wildman–Crippen MR) is 50.6 cm³/mol. The molecule has 0 bridgehead atoms. The van der Waals surface area contributed by atoms with Gasteiger partial charge in [-0.25, -0.2) is 0 Å². The first kappa shape index (κ1) is 8.81. The maximum atomic E-state index is 7.52. The van der Waals surface area contributed by atoms with Gasteiger partial charge >= 0.3 is 0 Å². The van der Waals surface area contributed by atoms with Crippen LogP contribution in [0.1, 0.15) is 25.7 Å². The van der Waals surface area contributed by atoms with Crippen molar-refractivity contribution in [1.82, 2.24) is 4.90 Å². The fourth-order valence-electron chi connectivity index (χ4n) is 2.01. The summed E-state index contributed by atoms with van der Waals surface area (Å²) in [6.07, 6.45) is 4.46.